The van der Waals surface area contributed by atoms with E-state index in [1.54, 1.807) is 20.8 Å². The highest BCUT2D eigenvalue weighted by atomic mass is 19.4. The zero-order valence-electron chi connectivity index (χ0n) is 14.1. The van der Waals surface area contributed by atoms with Crippen LogP contribution >= 0.6 is 0 Å². The van der Waals surface area contributed by atoms with Crippen LogP contribution < -0.4 is 10.6 Å². The van der Waals surface area contributed by atoms with E-state index in [0.29, 0.717) is 12.1 Å². The molecule has 2 N–H and O–H groups in total. The van der Waals surface area contributed by atoms with Gasteiger partial charge in [0, 0.05) is 18.7 Å². The predicted octanol–water partition coefficient (Wildman–Crippen LogP) is 4.09. The average molecular weight is 364 g/mol. The molecule has 1 aromatic carbocycles. The van der Waals surface area contributed by atoms with E-state index in [-0.39, 0.29) is 25.1 Å². The van der Waals surface area contributed by atoms with E-state index in [4.69, 9.17) is 4.74 Å². The first-order chi connectivity index (χ1) is 11.4. The van der Waals surface area contributed by atoms with Crippen molar-refractivity contribution in [3.05, 3.63) is 29.6 Å². The lowest BCUT2D eigenvalue weighted by Gasteiger charge is -2.19. The largest absolute Gasteiger partial charge is 0.444 e. The maximum atomic E-state index is 13.2. The number of ether oxygens (including phenoxy) is 1. The van der Waals surface area contributed by atoms with Gasteiger partial charge in [0.1, 0.15) is 11.4 Å². The summed E-state index contributed by atoms with van der Waals surface area (Å²) in [5.74, 6) is -1.96. The first-order valence-electron chi connectivity index (χ1n) is 7.52. The number of alkyl carbamates (subject to hydrolysis) is 1. The zero-order valence-corrected chi connectivity index (χ0v) is 14.1. The van der Waals surface area contributed by atoms with Gasteiger partial charge in [0.15, 0.2) is 0 Å². The summed E-state index contributed by atoms with van der Waals surface area (Å²) >= 11 is 0. The maximum absolute atomic E-state index is 13.2. The molecule has 0 aromatic heterocycles. The zero-order chi connectivity index (χ0) is 19.3. The summed E-state index contributed by atoms with van der Waals surface area (Å²) in [5, 5.41) is 4.71. The lowest BCUT2D eigenvalue weighted by atomic mass is 10.1. The minimum Gasteiger partial charge on any atom is -0.444 e. The number of hydrogen-bond acceptors (Lipinski definition) is 3. The fourth-order valence-electron chi connectivity index (χ4n) is 1.80. The second-order valence-corrected chi connectivity index (χ2v) is 6.27. The van der Waals surface area contributed by atoms with Crippen molar-refractivity contribution in [2.45, 2.75) is 45.4 Å². The van der Waals surface area contributed by atoms with Crippen LogP contribution in [0.3, 0.4) is 0 Å². The van der Waals surface area contributed by atoms with Crippen molar-refractivity contribution in [1.82, 2.24) is 5.32 Å². The molecule has 0 saturated carbocycles. The Balaban J connectivity index is 2.44. The van der Waals surface area contributed by atoms with Gasteiger partial charge in [-0.1, -0.05) is 0 Å². The molecule has 1 aromatic rings. The first kappa shape index (κ1) is 20.7. The molecule has 0 radical (unpaired) electrons. The van der Waals surface area contributed by atoms with E-state index in [2.05, 4.69) is 10.6 Å². The van der Waals surface area contributed by atoms with Crippen molar-refractivity contribution in [1.29, 1.82) is 0 Å². The van der Waals surface area contributed by atoms with Crippen LogP contribution in [0.2, 0.25) is 0 Å². The number of hydrogen-bond donors (Lipinski definition) is 2. The van der Waals surface area contributed by atoms with Crippen LogP contribution in [0.4, 0.5) is 28.0 Å². The SMILES string of the molecule is CC(C)(C)OC(=O)NCCCC(=O)Nc1ccc(F)c(C(F)(F)F)c1. The topological polar surface area (TPSA) is 67.4 Å². The Morgan fingerprint density at radius 2 is 1.80 bits per heavy atom. The van der Waals surface area contributed by atoms with E-state index in [1.165, 1.54) is 0 Å². The lowest BCUT2D eigenvalue weighted by Crippen LogP contribution is -2.33. The fourth-order valence-corrected chi connectivity index (χ4v) is 1.80. The van der Waals surface area contributed by atoms with Crippen molar-refractivity contribution in [2.24, 2.45) is 0 Å². The van der Waals surface area contributed by atoms with E-state index in [1.807, 2.05) is 0 Å². The molecule has 0 unspecified atom stereocenters. The first-order valence-corrected chi connectivity index (χ1v) is 7.52. The van der Waals surface area contributed by atoms with Gasteiger partial charge in [-0.05, 0) is 45.4 Å². The summed E-state index contributed by atoms with van der Waals surface area (Å²) in [6, 6.07) is 2.22. The number of benzene rings is 1. The van der Waals surface area contributed by atoms with E-state index >= 15 is 0 Å². The third-order valence-corrected chi connectivity index (χ3v) is 2.80. The smallest absolute Gasteiger partial charge is 0.419 e. The van der Waals surface area contributed by atoms with Crippen molar-refractivity contribution >= 4 is 17.7 Å². The molecule has 0 spiro atoms. The minimum atomic E-state index is -4.85. The Labute approximate surface area is 142 Å². The summed E-state index contributed by atoms with van der Waals surface area (Å²) in [5.41, 5.74) is -2.24. The number of nitrogens with one attached hydrogen (secondary N) is 2. The number of anilines is 1. The van der Waals surface area contributed by atoms with Gasteiger partial charge in [-0.3, -0.25) is 4.79 Å². The molecule has 0 aliphatic heterocycles. The number of alkyl halides is 3. The molecule has 9 heteroatoms. The Hall–Kier alpha value is -2.32. The predicted molar refractivity (Wildman–Crippen MR) is 83.5 cm³/mol. The molecule has 0 bridgehead atoms. The molecule has 0 aliphatic carbocycles. The molecular formula is C16H20F4N2O3. The number of carbonyl (C=O) groups excluding carboxylic acids is 2. The molecule has 0 fully saturated rings. The van der Waals surface area contributed by atoms with Gasteiger partial charge in [-0.25, -0.2) is 9.18 Å². The third-order valence-electron chi connectivity index (χ3n) is 2.80. The van der Waals surface area contributed by atoms with Crippen molar-refractivity contribution in [3.8, 4) is 0 Å². The monoisotopic (exact) mass is 364 g/mol. The van der Waals surface area contributed by atoms with Crippen LogP contribution in [-0.4, -0.2) is 24.1 Å². The maximum Gasteiger partial charge on any atom is 0.419 e. The van der Waals surface area contributed by atoms with Gasteiger partial charge in [0.05, 0.1) is 5.56 Å². The summed E-state index contributed by atoms with van der Waals surface area (Å²) < 4.78 is 56.0. The minimum absolute atomic E-state index is 0.0332. The molecule has 25 heavy (non-hydrogen) atoms. The quantitative estimate of drug-likeness (QED) is 0.611. The number of amides is 2. The standard InChI is InChI=1S/C16H20F4N2O3/c1-15(2,3)25-14(24)21-8-4-5-13(23)22-10-6-7-12(17)11(9-10)16(18,19)20/h6-7,9H,4-5,8H2,1-3H3,(H,21,24)(H,22,23). The van der Waals surface area contributed by atoms with Gasteiger partial charge in [-0.15, -0.1) is 0 Å². The van der Waals surface area contributed by atoms with Crippen molar-refractivity contribution in [2.75, 3.05) is 11.9 Å². The van der Waals surface area contributed by atoms with E-state index in [9.17, 15) is 27.2 Å². The van der Waals surface area contributed by atoms with Crippen LogP contribution in [0.15, 0.2) is 18.2 Å². The van der Waals surface area contributed by atoms with E-state index in [0.717, 1.165) is 6.07 Å². The Bertz CT molecular complexity index is 625. The molecule has 1 rings (SSSR count). The molecule has 0 saturated heterocycles. The van der Waals surface area contributed by atoms with Crippen LogP contribution in [0.1, 0.15) is 39.2 Å². The summed E-state index contributed by atoms with van der Waals surface area (Å²) in [4.78, 5) is 23.1. The Kier molecular flexibility index (Phi) is 6.78. The fraction of sp³-hybridized carbons (Fsp3) is 0.500. The van der Waals surface area contributed by atoms with Crippen LogP contribution in [0.5, 0.6) is 0 Å². The molecule has 0 heterocycles. The van der Waals surface area contributed by atoms with Gasteiger partial charge < -0.3 is 15.4 Å². The lowest BCUT2D eigenvalue weighted by molar-refractivity contribution is -0.140. The summed E-state index contributed by atoms with van der Waals surface area (Å²) in [6.07, 6.45) is -5.24. The molecule has 140 valence electrons. The van der Waals surface area contributed by atoms with Crippen LogP contribution in [0, 0.1) is 5.82 Å². The van der Waals surface area contributed by atoms with Gasteiger partial charge in [0.25, 0.3) is 0 Å². The molecular weight excluding hydrogens is 344 g/mol. The normalized spacial score (nSPS) is 11.8. The number of carbonyl (C=O) groups is 2. The van der Waals surface area contributed by atoms with Crippen molar-refractivity contribution in [3.63, 3.8) is 0 Å². The molecule has 5 nitrogen and oxygen atoms in total. The third kappa shape index (κ3) is 7.86. The van der Waals surface area contributed by atoms with Gasteiger partial charge in [0.2, 0.25) is 5.91 Å². The van der Waals surface area contributed by atoms with Gasteiger partial charge in [-0.2, -0.15) is 13.2 Å². The van der Waals surface area contributed by atoms with Crippen LogP contribution in [0.25, 0.3) is 0 Å². The van der Waals surface area contributed by atoms with E-state index < -0.39 is 35.2 Å². The second kappa shape index (κ2) is 8.17. The highest BCUT2D eigenvalue weighted by Gasteiger charge is 2.34. The highest BCUT2D eigenvalue weighted by Crippen LogP contribution is 2.33. The van der Waals surface area contributed by atoms with Gasteiger partial charge >= 0.3 is 12.3 Å². The summed E-state index contributed by atoms with van der Waals surface area (Å²) in [6.45, 7) is 5.29. The average Bonchev–Trinajstić information content (AvgIpc) is 2.42. The Morgan fingerprint density at radius 1 is 1.16 bits per heavy atom. The second-order valence-electron chi connectivity index (χ2n) is 6.27. The molecule has 0 atom stereocenters. The van der Waals surface area contributed by atoms with Crippen molar-refractivity contribution < 1.29 is 31.9 Å². The highest BCUT2D eigenvalue weighted by molar-refractivity contribution is 5.90. The molecule has 0 aliphatic rings. The Morgan fingerprint density at radius 3 is 2.36 bits per heavy atom. The number of halogens is 4. The number of rotatable bonds is 5. The summed E-state index contributed by atoms with van der Waals surface area (Å²) in [7, 11) is 0. The van der Waals surface area contributed by atoms with Crippen LogP contribution in [-0.2, 0) is 15.7 Å². The molecule has 2 amide bonds.